The highest BCUT2D eigenvalue weighted by molar-refractivity contribution is 8.15. The van der Waals surface area contributed by atoms with Crippen LogP contribution in [0.25, 0.3) is 10.3 Å². The third-order valence-corrected chi connectivity index (χ3v) is 12.2. The number of carbonyl (C=O) groups excluding carboxylic acids is 5. The van der Waals surface area contributed by atoms with Crippen molar-refractivity contribution in [3.8, 4) is 0 Å². The molecule has 2 aromatic rings. The summed E-state index contributed by atoms with van der Waals surface area (Å²) in [5.41, 5.74) is 11.6. The van der Waals surface area contributed by atoms with Crippen LogP contribution in [-0.2, 0) is 47.6 Å². The molecule has 12 atom stereocenters. The summed E-state index contributed by atoms with van der Waals surface area (Å²) in [6.07, 6.45) is -7.80. The van der Waals surface area contributed by atoms with Gasteiger partial charge in [0.2, 0.25) is 11.9 Å². The van der Waals surface area contributed by atoms with E-state index in [1.807, 2.05) is 0 Å². The highest BCUT2D eigenvalue weighted by Crippen LogP contribution is 2.40. The number of ether oxygens (including phenoxy) is 6. The molecule has 4 aliphatic rings. The van der Waals surface area contributed by atoms with Crippen molar-refractivity contribution >= 4 is 94.8 Å². The molecule has 0 radical (unpaired) electrons. The van der Waals surface area contributed by atoms with E-state index in [4.69, 9.17) is 39.9 Å². The standard InChI is InChI=1S/C20H30BN5O9S.C16H24BN5O7S/c1-8(2)13(25-21(5)31)18(29)35-15-14(33-10(4)28)11(7-32-9(3)27)34-17(15)26-16-12(36-20(26)30)6-23-19(22)24-16;1-6(2)9(21-17(3)27)14(25)29-11-10(24)7(5-23)28-13(11)22-12-8(30-16(22)26)4-19-15(18)20-12/h6,8,11-17,25,31H,7H2,1-5H3,(H2,22,24);4,6-7,9-11,13,21,23-24,27H,5H2,1-3H3,(H2,18,19,20)/t11-,12?,13+,14+,15-,16?,17-;7-,9+,10+,11-,13-/m11/s1. The number of esters is 4. The molecule has 0 aromatic carbocycles. The smallest absolute Gasteiger partial charge is 0.374 e. The third-order valence-electron chi connectivity index (χ3n) is 10.3. The average Bonchev–Trinajstić information content (AvgIpc) is 3.93. The lowest BCUT2D eigenvalue weighted by Gasteiger charge is -2.33. The van der Waals surface area contributed by atoms with Crippen LogP contribution >= 0.6 is 23.1 Å². The zero-order valence-electron chi connectivity index (χ0n) is 37.1. The van der Waals surface area contributed by atoms with Crippen LogP contribution in [0.5, 0.6) is 0 Å². The van der Waals surface area contributed by atoms with Crippen LogP contribution < -0.4 is 26.8 Å². The van der Waals surface area contributed by atoms with Crippen molar-refractivity contribution in [3.05, 3.63) is 15.9 Å². The van der Waals surface area contributed by atoms with E-state index in [9.17, 15) is 49.0 Å². The summed E-state index contributed by atoms with van der Waals surface area (Å²) < 4.78 is 35.1. The van der Waals surface area contributed by atoms with Gasteiger partial charge in [0.05, 0.1) is 22.8 Å². The number of aliphatic hydroxyl groups excluding tert-OH is 2. The maximum atomic E-state index is 13.2. The number of thiazole rings is 1. The molecule has 0 bridgehead atoms. The predicted molar refractivity (Wildman–Crippen MR) is 237 cm³/mol. The van der Waals surface area contributed by atoms with Gasteiger partial charge in [0.25, 0.3) is 5.24 Å². The minimum atomic E-state index is -1.40. The number of guanidine groups is 1. The minimum absolute atomic E-state index is 0.0444. The number of anilines is 1. The van der Waals surface area contributed by atoms with Crippen molar-refractivity contribution in [1.82, 2.24) is 29.9 Å². The molecule has 2 aromatic heterocycles. The summed E-state index contributed by atoms with van der Waals surface area (Å²) in [5.74, 6) is -3.46. The van der Waals surface area contributed by atoms with Gasteiger partial charge in [0.1, 0.15) is 43.2 Å². The molecular weight excluding hydrogens is 914 g/mol. The SMILES string of the molecule is CB(O)N[C@H](C(=O)O[C@@H]1[C@@H](O)[C@@H](CO)O[C@H]1n1c(=O)sc2cnc(N)nc21)C(C)C.CB(O)N[C@H](C(=O)O[C@@H]1[C@@H](OC(C)=O)[C@@H](COC(C)=O)O[C@H]1N1C(=O)SC2C=NC(N)=NC21)C(C)C. The largest absolute Gasteiger partial charge is 0.463 e. The fraction of sp³-hybridized carbons (Fsp3) is 0.667. The topological polar surface area (TPSA) is 373 Å². The maximum absolute atomic E-state index is 13.2. The van der Waals surface area contributed by atoms with E-state index in [2.05, 4.69) is 30.4 Å². The van der Waals surface area contributed by atoms with Crippen LogP contribution in [0, 0.1) is 11.8 Å². The second kappa shape index (κ2) is 22.3. The number of aliphatic hydroxyl groups is 2. The summed E-state index contributed by atoms with van der Waals surface area (Å²) in [6.45, 7) is 11.4. The molecule has 4 aliphatic heterocycles. The van der Waals surface area contributed by atoms with Crippen molar-refractivity contribution in [3.63, 3.8) is 0 Å². The number of nitrogens with zero attached hydrogens (tertiary/aromatic N) is 6. The molecule has 26 nitrogen and oxygen atoms in total. The number of aromatic nitrogens is 3. The van der Waals surface area contributed by atoms with Crippen molar-refractivity contribution in [2.75, 3.05) is 18.9 Å². The van der Waals surface area contributed by atoms with Gasteiger partial charge in [-0.25, -0.2) is 15.0 Å². The number of rotatable bonds is 16. The van der Waals surface area contributed by atoms with Crippen LogP contribution in [-0.4, -0.2) is 175 Å². The zero-order chi connectivity index (χ0) is 48.9. The Labute approximate surface area is 386 Å². The highest BCUT2D eigenvalue weighted by Gasteiger charge is 2.58. The normalized spacial score (nSPS) is 27.8. The van der Waals surface area contributed by atoms with E-state index in [-0.39, 0.29) is 36.0 Å². The van der Waals surface area contributed by atoms with Gasteiger partial charge in [0, 0.05) is 20.1 Å². The van der Waals surface area contributed by atoms with E-state index < -0.39 is 127 Å². The van der Waals surface area contributed by atoms with E-state index in [1.165, 1.54) is 37.9 Å². The summed E-state index contributed by atoms with van der Waals surface area (Å²) in [5, 5.41) is 44.0. The van der Waals surface area contributed by atoms with Crippen LogP contribution in [0.3, 0.4) is 0 Å². The first kappa shape index (κ1) is 52.2. The van der Waals surface area contributed by atoms with Crippen molar-refractivity contribution in [2.24, 2.45) is 27.6 Å². The number of carbonyl (C=O) groups is 5. The Morgan fingerprint density at radius 1 is 0.894 bits per heavy atom. The number of hydrogen-bond donors (Lipinski definition) is 8. The molecule has 362 valence electrons. The number of thioether (sulfide) groups is 1. The molecule has 1 amide bonds. The lowest BCUT2D eigenvalue weighted by Crippen LogP contribution is -2.55. The number of nitrogens with two attached hydrogens (primary N) is 2. The van der Waals surface area contributed by atoms with Crippen LogP contribution in [0.4, 0.5) is 10.7 Å². The Kier molecular flexibility index (Phi) is 17.7. The van der Waals surface area contributed by atoms with Gasteiger partial charge in [-0.3, -0.25) is 38.2 Å². The summed E-state index contributed by atoms with van der Waals surface area (Å²) in [7, 11) is -1.99. The van der Waals surface area contributed by atoms with Crippen LogP contribution in [0.15, 0.2) is 21.0 Å². The average molecular weight is 969 g/mol. The van der Waals surface area contributed by atoms with E-state index in [0.29, 0.717) is 4.70 Å². The summed E-state index contributed by atoms with van der Waals surface area (Å²) in [6, 6.07) is -1.80. The van der Waals surface area contributed by atoms with Gasteiger partial charge in [-0.1, -0.05) is 50.8 Å². The highest BCUT2D eigenvalue weighted by atomic mass is 32.2. The predicted octanol–water partition coefficient (Wildman–Crippen LogP) is -2.57. The van der Waals surface area contributed by atoms with Gasteiger partial charge >= 0.3 is 42.9 Å². The van der Waals surface area contributed by atoms with Crippen LogP contribution in [0.1, 0.15) is 47.8 Å². The fourth-order valence-electron chi connectivity index (χ4n) is 7.32. The fourth-order valence-corrected chi connectivity index (χ4v) is 9.14. The van der Waals surface area contributed by atoms with Gasteiger partial charge in [-0.05, 0) is 25.5 Å². The number of nitrogens with one attached hydrogen (secondary N) is 2. The number of fused-ring (bicyclic) bond motifs is 2. The van der Waals surface area contributed by atoms with Gasteiger partial charge < -0.3 is 70.6 Å². The third kappa shape index (κ3) is 12.2. The molecule has 0 aliphatic carbocycles. The Balaban J connectivity index is 0.000000251. The second-order valence-corrected chi connectivity index (χ2v) is 18.3. The first-order valence-corrected chi connectivity index (χ1v) is 22.4. The number of hydrogen-bond acceptors (Lipinski definition) is 26. The van der Waals surface area contributed by atoms with Crippen molar-refractivity contribution in [2.45, 2.75) is 128 Å². The molecule has 3 saturated heterocycles. The van der Waals surface area contributed by atoms with Gasteiger partial charge in [-0.2, -0.15) is 4.98 Å². The first-order valence-electron chi connectivity index (χ1n) is 20.7. The Morgan fingerprint density at radius 3 is 2.03 bits per heavy atom. The van der Waals surface area contributed by atoms with Crippen molar-refractivity contribution < 1.29 is 72.7 Å². The number of amides is 1. The molecule has 66 heavy (non-hydrogen) atoms. The molecule has 6 heterocycles. The van der Waals surface area contributed by atoms with E-state index in [1.54, 1.807) is 27.7 Å². The Morgan fingerprint density at radius 2 is 1.48 bits per heavy atom. The summed E-state index contributed by atoms with van der Waals surface area (Å²) >= 11 is 1.78. The van der Waals surface area contributed by atoms with Gasteiger partial charge in [-0.15, -0.1) is 0 Å². The molecular formula is C36H54B2N10O16S2. The van der Waals surface area contributed by atoms with Gasteiger partial charge in [0.15, 0.2) is 36.4 Å². The molecule has 6 rings (SSSR count). The second-order valence-electron chi connectivity index (χ2n) is 16.2. The number of aliphatic imine (C=N–C) groups is 2. The van der Waals surface area contributed by atoms with E-state index >= 15 is 0 Å². The van der Waals surface area contributed by atoms with E-state index in [0.717, 1.165) is 34.6 Å². The molecule has 10 N–H and O–H groups in total. The minimum Gasteiger partial charge on any atom is -0.463 e. The Hall–Kier alpha value is -4.78. The molecule has 0 spiro atoms. The monoisotopic (exact) mass is 968 g/mol. The zero-order valence-corrected chi connectivity index (χ0v) is 38.8. The molecule has 0 saturated carbocycles. The lowest BCUT2D eigenvalue weighted by molar-refractivity contribution is -0.171. The van der Waals surface area contributed by atoms with Crippen molar-refractivity contribution in [1.29, 1.82) is 0 Å². The lowest BCUT2D eigenvalue weighted by atomic mass is 9.85. The molecule has 3 fully saturated rings. The first-order chi connectivity index (χ1) is 31.0. The summed E-state index contributed by atoms with van der Waals surface area (Å²) in [4.78, 5) is 91.9. The molecule has 2 unspecified atom stereocenters. The molecule has 30 heteroatoms. The Bertz CT molecular complexity index is 2220. The van der Waals surface area contributed by atoms with Crippen LogP contribution in [0.2, 0.25) is 13.6 Å². The quantitative estimate of drug-likeness (QED) is 0.0487. The maximum Gasteiger partial charge on any atom is 0.374 e. The number of nitrogen functional groups attached to an aromatic ring is 1.